The number of esters is 1. The molecule has 1 aliphatic heterocycles. The number of nitrogens with zero attached hydrogens (tertiary/aromatic N) is 1. The highest BCUT2D eigenvalue weighted by atomic mass is 32.2. The highest BCUT2D eigenvalue weighted by Gasteiger charge is 2.23. The first-order valence-electron chi connectivity index (χ1n) is 10.9. The molecule has 0 aliphatic carbocycles. The van der Waals surface area contributed by atoms with Gasteiger partial charge in [-0.2, -0.15) is 8.42 Å². The number of carbonyl (C=O) groups excluding carboxylic acids is 2. The molecule has 0 amide bonds. The van der Waals surface area contributed by atoms with Crippen molar-refractivity contribution in [2.24, 2.45) is 16.5 Å². The van der Waals surface area contributed by atoms with Crippen LogP contribution in [-0.4, -0.2) is 37.3 Å². The van der Waals surface area contributed by atoms with Crippen molar-refractivity contribution in [2.45, 2.75) is 24.2 Å². The Morgan fingerprint density at radius 3 is 2.50 bits per heavy atom. The number of carbonyl (C=O) groups is 2. The van der Waals surface area contributed by atoms with Gasteiger partial charge in [-0.15, -0.1) is 0 Å². The Bertz CT molecular complexity index is 1460. The van der Waals surface area contributed by atoms with E-state index < -0.39 is 16.1 Å². The molecule has 0 spiro atoms. The average Bonchev–Trinajstić information content (AvgIpc) is 2.81. The lowest BCUT2D eigenvalue weighted by atomic mass is 10.0. The number of fused-ring (bicyclic) bond motifs is 2. The van der Waals surface area contributed by atoms with Gasteiger partial charge < -0.3 is 20.9 Å². The third-order valence-electron chi connectivity index (χ3n) is 5.47. The van der Waals surface area contributed by atoms with Crippen LogP contribution >= 0.6 is 0 Å². The summed E-state index contributed by atoms with van der Waals surface area (Å²) in [5.74, 6) is -0.763. The summed E-state index contributed by atoms with van der Waals surface area (Å²) in [6.07, 6.45) is 0.977. The van der Waals surface area contributed by atoms with E-state index >= 15 is 0 Å². The largest absolute Gasteiger partial charge is 0.489 e. The fourth-order valence-corrected chi connectivity index (χ4v) is 4.30. The molecular formula is C25H23N3O7S. The van der Waals surface area contributed by atoms with Gasteiger partial charge >= 0.3 is 5.97 Å². The molecule has 1 heterocycles. The first kappa shape index (κ1) is 24.9. The standard InChI is InChI=1S/C25H23N3O7S/c26-25(27)28-17-8-11-19-16(14-17)3-2-12-34-23-20(4-1-5-22(23)35-24(19)30)21(29)13-15-6-9-18(10-7-15)36(31,32)33/h1,4-11,14H,2-3,12-13H2,(H4,26,27,28)(H,31,32,33). The van der Waals surface area contributed by atoms with Gasteiger partial charge in [0, 0.05) is 6.42 Å². The van der Waals surface area contributed by atoms with Crippen molar-refractivity contribution < 1.29 is 32.0 Å². The third kappa shape index (κ3) is 5.70. The fraction of sp³-hybridized carbons (Fsp3) is 0.160. The maximum atomic E-state index is 13.1. The predicted molar refractivity (Wildman–Crippen MR) is 131 cm³/mol. The molecule has 0 aromatic heterocycles. The molecule has 186 valence electrons. The van der Waals surface area contributed by atoms with Crippen LogP contribution in [0.2, 0.25) is 0 Å². The van der Waals surface area contributed by atoms with E-state index in [1.54, 1.807) is 36.4 Å². The van der Waals surface area contributed by atoms with Crippen molar-refractivity contribution in [2.75, 3.05) is 6.61 Å². The van der Waals surface area contributed by atoms with Crippen LogP contribution in [0, 0.1) is 0 Å². The first-order valence-corrected chi connectivity index (χ1v) is 12.4. The van der Waals surface area contributed by atoms with E-state index in [-0.39, 0.29) is 46.7 Å². The molecular weight excluding hydrogens is 486 g/mol. The zero-order chi connectivity index (χ0) is 25.9. The van der Waals surface area contributed by atoms with E-state index in [1.807, 2.05) is 0 Å². The van der Waals surface area contributed by atoms with E-state index in [1.165, 1.54) is 24.3 Å². The highest BCUT2D eigenvalue weighted by molar-refractivity contribution is 7.85. The van der Waals surface area contributed by atoms with Crippen LogP contribution in [0.4, 0.5) is 5.69 Å². The number of ketones is 1. The van der Waals surface area contributed by atoms with Crippen molar-refractivity contribution in [1.29, 1.82) is 0 Å². The number of aliphatic imine (C=N–C) groups is 1. The summed E-state index contributed by atoms with van der Waals surface area (Å²) in [5.41, 5.74) is 13.2. The molecule has 0 saturated heterocycles. The molecule has 0 fully saturated rings. The normalized spacial score (nSPS) is 13.4. The predicted octanol–water partition coefficient (Wildman–Crippen LogP) is 2.81. The monoisotopic (exact) mass is 509 g/mol. The summed E-state index contributed by atoms with van der Waals surface area (Å²) in [4.78, 5) is 29.8. The van der Waals surface area contributed by atoms with Gasteiger partial charge in [0.05, 0.1) is 28.3 Å². The Morgan fingerprint density at radius 2 is 1.81 bits per heavy atom. The number of guanidine groups is 1. The fourth-order valence-electron chi connectivity index (χ4n) is 3.82. The number of nitrogens with two attached hydrogens (primary N) is 2. The lowest BCUT2D eigenvalue weighted by Crippen LogP contribution is -2.22. The van der Waals surface area contributed by atoms with Gasteiger partial charge in [0.2, 0.25) is 0 Å². The number of Topliss-reactive ketones (excluding diaryl/α,β-unsaturated/α-hetero) is 1. The molecule has 0 atom stereocenters. The molecule has 1 aliphatic rings. The highest BCUT2D eigenvalue weighted by Crippen LogP contribution is 2.34. The van der Waals surface area contributed by atoms with Crippen LogP contribution in [0.15, 0.2) is 70.6 Å². The second kappa shape index (κ2) is 10.2. The quantitative estimate of drug-likeness (QED) is 0.117. The second-order valence-electron chi connectivity index (χ2n) is 8.07. The van der Waals surface area contributed by atoms with Gasteiger partial charge in [-0.3, -0.25) is 9.35 Å². The van der Waals surface area contributed by atoms with Crippen LogP contribution in [0.3, 0.4) is 0 Å². The van der Waals surface area contributed by atoms with E-state index in [0.717, 1.165) is 0 Å². The molecule has 5 N–H and O–H groups in total. The minimum Gasteiger partial charge on any atom is -0.489 e. The summed E-state index contributed by atoms with van der Waals surface area (Å²) < 4.78 is 43.1. The summed E-state index contributed by atoms with van der Waals surface area (Å²) in [6, 6.07) is 14.9. The van der Waals surface area contributed by atoms with Crippen LogP contribution in [-0.2, 0) is 23.0 Å². The summed E-state index contributed by atoms with van der Waals surface area (Å²) in [5, 5.41) is 0. The Morgan fingerprint density at radius 1 is 1.06 bits per heavy atom. The summed E-state index contributed by atoms with van der Waals surface area (Å²) in [7, 11) is -4.33. The van der Waals surface area contributed by atoms with Crippen LogP contribution in [0.25, 0.3) is 0 Å². The number of aryl methyl sites for hydroxylation is 1. The van der Waals surface area contributed by atoms with E-state index in [2.05, 4.69) is 4.99 Å². The second-order valence-corrected chi connectivity index (χ2v) is 9.49. The molecule has 3 aromatic rings. The zero-order valence-electron chi connectivity index (χ0n) is 19.0. The Kier molecular flexibility index (Phi) is 7.04. The van der Waals surface area contributed by atoms with Crippen molar-refractivity contribution in [3.63, 3.8) is 0 Å². The average molecular weight is 510 g/mol. The summed E-state index contributed by atoms with van der Waals surface area (Å²) >= 11 is 0. The molecule has 0 bridgehead atoms. The Hall–Kier alpha value is -4.22. The van der Waals surface area contributed by atoms with Crippen LogP contribution < -0.4 is 20.9 Å². The first-order chi connectivity index (χ1) is 17.1. The van der Waals surface area contributed by atoms with E-state index in [4.69, 9.17) is 25.5 Å². The number of para-hydroxylation sites is 1. The van der Waals surface area contributed by atoms with Gasteiger partial charge in [0.25, 0.3) is 10.1 Å². The zero-order valence-corrected chi connectivity index (χ0v) is 19.8. The molecule has 10 nitrogen and oxygen atoms in total. The topological polar surface area (TPSA) is 171 Å². The number of benzene rings is 3. The van der Waals surface area contributed by atoms with E-state index in [9.17, 15) is 18.0 Å². The molecule has 3 aromatic carbocycles. The van der Waals surface area contributed by atoms with Gasteiger partial charge in [-0.25, -0.2) is 9.79 Å². The molecule has 36 heavy (non-hydrogen) atoms. The molecule has 11 heteroatoms. The van der Waals surface area contributed by atoms with Crippen molar-refractivity contribution in [3.05, 3.63) is 82.9 Å². The van der Waals surface area contributed by atoms with E-state index in [0.29, 0.717) is 35.2 Å². The van der Waals surface area contributed by atoms with Crippen LogP contribution in [0.1, 0.15) is 38.3 Å². The minimum absolute atomic E-state index is 0.0596. The lowest BCUT2D eigenvalue weighted by molar-refractivity contribution is 0.0723. The van der Waals surface area contributed by atoms with Gasteiger partial charge in [0.1, 0.15) is 0 Å². The van der Waals surface area contributed by atoms with Crippen molar-refractivity contribution in [3.8, 4) is 11.5 Å². The number of hydrogen-bond acceptors (Lipinski definition) is 7. The van der Waals surface area contributed by atoms with Gasteiger partial charge in [-0.1, -0.05) is 18.2 Å². The molecule has 0 unspecified atom stereocenters. The Labute approximate surface area is 207 Å². The van der Waals surface area contributed by atoms with Crippen molar-refractivity contribution >= 4 is 33.5 Å². The smallest absolute Gasteiger partial charge is 0.343 e. The van der Waals surface area contributed by atoms with Crippen molar-refractivity contribution in [1.82, 2.24) is 0 Å². The maximum absolute atomic E-state index is 13.1. The lowest BCUT2D eigenvalue weighted by Gasteiger charge is -2.18. The van der Waals surface area contributed by atoms with Gasteiger partial charge in [-0.05, 0) is 66.4 Å². The Balaban J connectivity index is 1.61. The number of ether oxygens (including phenoxy) is 2. The molecule has 0 saturated carbocycles. The maximum Gasteiger partial charge on any atom is 0.343 e. The molecule has 0 radical (unpaired) electrons. The minimum atomic E-state index is -4.33. The molecule has 4 rings (SSSR count). The summed E-state index contributed by atoms with van der Waals surface area (Å²) in [6.45, 7) is 0.254. The number of rotatable bonds is 5. The SMILES string of the molecule is NC(N)=Nc1ccc2c(c1)CCCOc1c(cccc1C(=O)Cc1ccc(S(=O)(=O)O)cc1)OC2=O. The van der Waals surface area contributed by atoms with Gasteiger partial charge in [0.15, 0.2) is 23.2 Å². The van der Waals surface area contributed by atoms with Crippen LogP contribution in [0.5, 0.6) is 11.5 Å². The number of hydrogen-bond donors (Lipinski definition) is 3. The third-order valence-corrected chi connectivity index (χ3v) is 6.34.